The van der Waals surface area contributed by atoms with Crippen molar-refractivity contribution < 1.29 is 9.47 Å². The summed E-state index contributed by atoms with van der Waals surface area (Å²) in [5, 5.41) is 17.9. The highest BCUT2D eigenvalue weighted by Crippen LogP contribution is 2.45. The van der Waals surface area contributed by atoms with Crippen LogP contribution in [0.5, 0.6) is 11.6 Å². The van der Waals surface area contributed by atoms with Gasteiger partial charge in [-0.3, -0.25) is 5.10 Å². The van der Waals surface area contributed by atoms with Crippen LogP contribution in [0.25, 0.3) is 0 Å². The standard InChI is InChI=1S/C21H16Cl2N4O2/c1-11-18-19(15(9-24)20(25)29-21(18)27-26-11)14-4-2-3-5-17(14)28-10-12-6-7-13(22)8-16(12)23/h2-8,19H,10,25H2,1H3,(H,26,27)/t19-/m1/s1. The van der Waals surface area contributed by atoms with Crippen LogP contribution in [0.15, 0.2) is 53.9 Å². The third-order valence-electron chi connectivity index (χ3n) is 4.76. The first-order valence-corrected chi connectivity index (χ1v) is 9.53. The molecule has 0 aliphatic carbocycles. The van der Waals surface area contributed by atoms with E-state index in [1.807, 2.05) is 37.3 Å². The minimum absolute atomic E-state index is 0.0343. The molecule has 1 aliphatic rings. The van der Waals surface area contributed by atoms with Crippen LogP contribution in [0.3, 0.4) is 0 Å². The minimum Gasteiger partial charge on any atom is -0.489 e. The van der Waals surface area contributed by atoms with Crippen LogP contribution in [0, 0.1) is 18.3 Å². The van der Waals surface area contributed by atoms with E-state index in [1.165, 1.54) is 0 Å². The molecule has 2 heterocycles. The maximum absolute atomic E-state index is 9.74. The van der Waals surface area contributed by atoms with Gasteiger partial charge in [0.15, 0.2) is 0 Å². The smallest absolute Gasteiger partial charge is 0.244 e. The molecule has 0 unspecified atom stereocenters. The van der Waals surface area contributed by atoms with Gasteiger partial charge < -0.3 is 15.2 Å². The minimum atomic E-state index is -0.459. The number of aromatic nitrogens is 2. The van der Waals surface area contributed by atoms with Gasteiger partial charge in [-0.25, -0.2) is 0 Å². The van der Waals surface area contributed by atoms with Crippen molar-refractivity contribution >= 4 is 23.2 Å². The number of nitrogens with two attached hydrogens (primary N) is 1. The monoisotopic (exact) mass is 426 g/mol. The molecule has 2 aromatic carbocycles. The van der Waals surface area contributed by atoms with Crippen LogP contribution >= 0.6 is 23.2 Å². The summed E-state index contributed by atoms with van der Waals surface area (Å²) in [6.07, 6.45) is 0. The molecule has 1 aromatic heterocycles. The van der Waals surface area contributed by atoms with Gasteiger partial charge in [0.05, 0.1) is 5.92 Å². The van der Waals surface area contributed by atoms with Crippen molar-refractivity contribution in [3.63, 3.8) is 0 Å². The molecule has 146 valence electrons. The predicted octanol–water partition coefficient (Wildman–Crippen LogP) is 4.82. The lowest BCUT2D eigenvalue weighted by Crippen LogP contribution is -2.21. The third-order valence-corrected chi connectivity index (χ3v) is 5.34. The van der Waals surface area contributed by atoms with Gasteiger partial charge in [0, 0.05) is 32.4 Å². The van der Waals surface area contributed by atoms with E-state index >= 15 is 0 Å². The molecule has 0 fully saturated rings. The summed E-state index contributed by atoms with van der Waals surface area (Å²) >= 11 is 12.2. The van der Waals surface area contributed by atoms with E-state index in [9.17, 15) is 5.26 Å². The van der Waals surface area contributed by atoms with Crippen LogP contribution in [-0.4, -0.2) is 10.2 Å². The van der Waals surface area contributed by atoms with Crippen molar-refractivity contribution in [3.8, 4) is 17.7 Å². The number of benzene rings is 2. The number of allylic oxidation sites excluding steroid dienone is 1. The number of ether oxygens (including phenoxy) is 2. The van der Waals surface area contributed by atoms with Crippen LogP contribution in [0.2, 0.25) is 10.0 Å². The number of nitrogens with one attached hydrogen (secondary N) is 1. The zero-order valence-corrected chi connectivity index (χ0v) is 16.9. The molecule has 6 nitrogen and oxygen atoms in total. The molecule has 0 bridgehead atoms. The van der Waals surface area contributed by atoms with Crippen LogP contribution < -0.4 is 15.2 Å². The maximum Gasteiger partial charge on any atom is 0.244 e. The first-order chi connectivity index (χ1) is 14.0. The summed E-state index contributed by atoms with van der Waals surface area (Å²) in [6.45, 7) is 2.12. The Labute approximate surface area is 177 Å². The number of rotatable bonds is 4. The topological polar surface area (TPSA) is 97.0 Å². The SMILES string of the molecule is Cc1[nH]nc2c1[C@H](c1ccccc1OCc1ccc(Cl)cc1Cl)C(C#N)=C(N)O2. The Morgan fingerprint density at radius 2 is 2.07 bits per heavy atom. The van der Waals surface area contributed by atoms with E-state index in [4.69, 9.17) is 38.4 Å². The highest BCUT2D eigenvalue weighted by molar-refractivity contribution is 6.35. The Hall–Kier alpha value is -3.14. The molecule has 0 spiro atoms. The Balaban J connectivity index is 1.75. The first-order valence-electron chi connectivity index (χ1n) is 8.77. The summed E-state index contributed by atoms with van der Waals surface area (Å²) in [6, 6.07) is 14.9. The summed E-state index contributed by atoms with van der Waals surface area (Å²) in [7, 11) is 0. The molecule has 3 aromatic rings. The lowest BCUT2D eigenvalue weighted by Gasteiger charge is -2.25. The fourth-order valence-electron chi connectivity index (χ4n) is 3.35. The molecule has 29 heavy (non-hydrogen) atoms. The Morgan fingerprint density at radius 1 is 1.28 bits per heavy atom. The largest absolute Gasteiger partial charge is 0.489 e. The molecule has 0 saturated heterocycles. The van der Waals surface area contributed by atoms with E-state index in [-0.39, 0.29) is 12.5 Å². The summed E-state index contributed by atoms with van der Waals surface area (Å²) in [5.41, 5.74) is 9.44. The Kier molecular flexibility index (Phi) is 5.10. The van der Waals surface area contributed by atoms with Crippen molar-refractivity contribution in [2.24, 2.45) is 5.73 Å². The number of H-pyrrole nitrogens is 1. The zero-order chi connectivity index (χ0) is 20.5. The lowest BCUT2D eigenvalue weighted by atomic mass is 9.83. The van der Waals surface area contributed by atoms with Crippen molar-refractivity contribution in [2.75, 3.05) is 0 Å². The number of hydrogen-bond donors (Lipinski definition) is 2. The van der Waals surface area contributed by atoms with Crippen LogP contribution in [0.1, 0.15) is 28.3 Å². The van der Waals surface area contributed by atoms with Crippen molar-refractivity contribution in [2.45, 2.75) is 19.4 Å². The van der Waals surface area contributed by atoms with Gasteiger partial charge in [0.2, 0.25) is 11.8 Å². The average molecular weight is 427 g/mol. The van der Waals surface area contributed by atoms with Gasteiger partial charge in [-0.2, -0.15) is 5.26 Å². The molecule has 1 atom stereocenters. The summed E-state index contributed by atoms with van der Waals surface area (Å²) in [5.74, 6) is 0.545. The fourth-order valence-corrected chi connectivity index (χ4v) is 3.82. The average Bonchev–Trinajstić information content (AvgIpc) is 3.07. The van der Waals surface area contributed by atoms with Gasteiger partial charge >= 0.3 is 0 Å². The van der Waals surface area contributed by atoms with E-state index in [0.29, 0.717) is 27.2 Å². The van der Waals surface area contributed by atoms with Crippen LogP contribution in [0.4, 0.5) is 0 Å². The van der Waals surface area contributed by atoms with E-state index in [0.717, 1.165) is 22.4 Å². The number of nitrogens with zero attached hydrogens (tertiary/aromatic N) is 2. The number of aromatic amines is 1. The molecular formula is C21H16Cl2N4O2. The summed E-state index contributed by atoms with van der Waals surface area (Å²) in [4.78, 5) is 0. The quantitative estimate of drug-likeness (QED) is 0.622. The Bertz CT molecular complexity index is 1160. The number of hydrogen-bond acceptors (Lipinski definition) is 5. The molecule has 4 rings (SSSR count). The second kappa shape index (κ2) is 7.70. The molecule has 1 aliphatic heterocycles. The highest BCUT2D eigenvalue weighted by Gasteiger charge is 2.35. The fraction of sp³-hybridized carbons (Fsp3) is 0.143. The molecule has 0 saturated carbocycles. The second-order valence-corrected chi connectivity index (χ2v) is 7.40. The molecule has 3 N–H and O–H groups in total. The van der Waals surface area contributed by atoms with Crippen molar-refractivity contribution in [1.29, 1.82) is 5.26 Å². The zero-order valence-electron chi connectivity index (χ0n) is 15.4. The first kappa shape index (κ1) is 19.2. The number of halogens is 2. The maximum atomic E-state index is 9.74. The predicted molar refractivity (Wildman–Crippen MR) is 110 cm³/mol. The van der Waals surface area contributed by atoms with Gasteiger partial charge in [-0.15, -0.1) is 5.10 Å². The molecule has 8 heteroatoms. The van der Waals surface area contributed by atoms with E-state index in [2.05, 4.69) is 16.3 Å². The third kappa shape index (κ3) is 3.51. The highest BCUT2D eigenvalue weighted by atomic mass is 35.5. The second-order valence-electron chi connectivity index (χ2n) is 6.55. The van der Waals surface area contributed by atoms with Crippen molar-refractivity contribution in [3.05, 3.63) is 86.4 Å². The number of aryl methyl sites for hydroxylation is 1. The lowest BCUT2D eigenvalue weighted by molar-refractivity contribution is 0.301. The van der Waals surface area contributed by atoms with E-state index < -0.39 is 5.92 Å². The van der Waals surface area contributed by atoms with Crippen molar-refractivity contribution in [1.82, 2.24) is 10.2 Å². The van der Waals surface area contributed by atoms with Gasteiger partial charge in [-0.1, -0.05) is 47.5 Å². The molecule has 0 amide bonds. The molecular weight excluding hydrogens is 411 g/mol. The van der Waals surface area contributed by atoms with Gasteiger partial charge in [0.25, 0.3) is 0 Å². The van der Waals surface area contributed by atoms with Gasteiger partial charge in [0.1, 0.15) is 24.0 Å². The number of nitriles is 1. The summed E-state index contributed by atoms with van der Waals surface area (Å²) < 4.78 is 11.6. The normalized spacial score (nSPS) is 15.4. The van der Waals surface area contributed by atoms with E-state index in [1.54, 1.807) is 12.1 Å². The van der Waals surface area contributed by atoms with Gasteiger partial charge in [-0.05, 0) is 25.1 Å². The molecule has 0 radical (unpaired) electrons. The van der Waals surface area contributed by atoms with Crippen LogP contribution in [-0.2, 0) is 6.61 Å². The Morgan fingerprint density at radius 3 is 2.83 bits per heavy atom. The number of fused-ring (bicyclic) bond motifs is 1. The number of para-hydroxylation sites is 1.